The van der Waals surface area contributed by atoms with Crippen LogP contribution in [-0.2, 0) is 16.6 Å². The van der Waals surface area contributed by atoms with Crippen LogP contribution in [0.3, 0.4) is 0 Å². The smallest absolute Gasteiger partial charge is 0.243 e. The van der Waals surface area contributed by atoms with E-state index in [4.69, 9.17) is 4.99 Å². The predicted octanol–water partition coefficient (Wildman–Crippen LogP) is 5.23. The van der Waals surface area contributed by atoms with Gasteiger partial charge >= 0.3 is 0 Å². The Labute approximate surface area is 204 Å². The van der Waals surface area contributed by atoms with E-state index >= 15 is 0 Å². The molecule has 0 aliphatic carbocycles. The van der Waals surface area contributed by atoms with Gasteiger partial charge < -0.3 is 4.57 Å². The van der Waals surface area contributed by atoms with E-state index in [0.29, 0.717) is 24.5 Å². The van der Waals surface area contributed by atoms with Gasteiger partial charge in [0.1, 0.15) is 0 Å². The van der Waals surface area contributed by atoms with Crippen molar-refractivity contribution in [1.29, 1.82) is 0 Å². The molecule has 0 fully saturated rings. The number of hydrogen-bond donors (Lipinski definition) is 0. The SMILES string of the molecule is CCN(CC)S(=O)(=O)c1ccc(-c2csc(=Nc3ccc(C)cc3)n2Cc2cccnc2)cc1. The largest absolute Gasteiger partial charge is 0.312 e. The highest BCUT2D eigenvalue weighted by molar-refractivity contribution is 7.89. The summed E-state index contributed by atoms with van der Waals surface area (Å²) in [6.07, 6.45) is 3.61. The molecular formula is C26H28N4O2S2. The highest BCUT2D eigenvalue weighted by atomic mass is 32.2. The van der Waals surface area contributed by atoms with Gasteiger partial charge in [-0.3, -0.25) is 4.98 Å². The lowest BCUT2D eigenvalue weighted by molar-refractivity contribution is 0.445. The summed E-state index contributed by atoms with van der Waals surface area (Å²) in [4.78, 5) is 10.3. The van der Waals surface area contributed by atoms with E-state index in [0.717, 1.165) is 27.3 Å². The van der Waals surface area contributed by atoms with Crippen LogP contribution in [0.1, 0.15) is 25.0 Å². The van der Waals surface area contributed by atoms with E-state index in [2.05, 4.69) is 21.9 Å². The lowest BCUT2D eigenvalue weighted by Gasteiger charge is -2.18. The summed E-state index contributed by atoms with van der Waals surface area (Å²) in [5.41, 5.74) is 5.05. The van der Waals surface area contributed by atoms with Crippen LogP contribution in [0.15, 0.2) is 88.3 Å². The first-order chi connectivity index (χ1) is 16.4. The van der Waals surface area contributed by atoms with Gasteiger partial charge in [-0.2, -0.15) is 4.31 Å². The van der Waals surface area contributed by atoms with Crippen molar-refractivity contribution in [2.24, 2.45) is 4.99 Å². The third-order valence-electron chi connectivity index (χ3n) is 5.61. The topological polar surface area (TPSA) is 67.6 Å². The summed E-state index contributed by atoms with van der Waals surface area (Å²) in [6.45, 7) is 7.25. The highest BCUT2D eigenvalue weighted by Crippen LogP contribution is 2.25. The molecular weight excluding hydrogens is 464 g/mol. The Morgan fingerprint density at radius 1 is 1.00 bits per heavy atom. The third kappa shape index (κ3) is 5.19. The first kappa shape index (κ1) is 24.1. The summed E-state index contributed by atoms with van der Waals surface area (Å²) in [5.74, 6) is 0. The van der Waals surface area contributed by atoms with Crippen LogP contribution >= 0.6 is 11.3 Å². The monoisotopic (exact) mass is 492 g/mol. The number of rotatable bonds is 8. The lowest BCUT2D eigenvalue weighted by atomic mass is 10.1. The minimum atomic E-state index is -3.50. The zero-order valence-corrected chi connectivity index (χ0v) is 21.2. The minimum absolute atomic E-state index is 0.304. The van der Waals surface area contributed by atoms with E-state index < -0.39 is 10.0 Å². The molecule has 4 aromatic rings. The second kappa shape index (κ2) is 10.5. The van der Waals surface area contributed by atoms with E-state index in [1.54, 1.807) is 29.7 Å². The van der Waals surface area contributed by atoms with Gasteiger partial charge in [-0.1, -0.05) is 49.7 Å². The summed E-state index contributed by atoms with van der Waals surface area (Å²) in [5, 5.41) is 2.07. The van der Waals surface area contributed by atoms with E-state index in [-0.39, 0.29) is 0 Å². The molecule has 0 saturated carbocycles. The van der Waals surface area contributed by atoms with Gasteiger partial charge in [-0.25, -0.2) is 13.4 Å². The fourth-order valence-electron chi connectivity index (χ4n) is 3.72. The van der Waals surface area contributed by atoms with Crippen LogP contribution < -0.4 is 4.80 Å². The summed E-state index contributed by atoms with van der Waals surface area (Å²) < 4.78 is 29.4. The van der Waals surface area contributed by atoms with Crippen LogP contribution in [0, 0.1) is 6.92 Å². The molecule has 2 aromatic carbocycles. The lowest BCUT2D eigenvalue weighted by Crippen LogP contribution is -2.30. The van der Waals surface area contributed by atoms with Gasteiger partial charge in [0.2, 0.25) is 10.0 Å². The molecule has 2 heterocycles. The fourth-order valence-corrected chi connectivity index (χ4v) is 6.10. The van der Waals surface area contributed by atoms with Crippen molar-refractivity contribution >= 4 is 27.0 Å². The van der Waals surface area contributed by atoms with Crippen molar-refractivity contribution in [2.45, 2.75) is 32.2 Å². The highest BCUT2D eigenvalue weighted by Gasteiger charge is 2.21. The number of benzene rings is 2. The molecule has 2 aromatic heterocycles. The molecule has 0 atom stereocenters. The average Bonchev–Trinajstić information content (AvgIpc) is 3.23. The number of sulfonamides is 1. The number of hydrogen-bond acceptors (Lipinski definition) is 5. The Morgan fingerprint density at radius 2 is 1.71 bits per heavy atom. The zero-order valence-electron chi connectivity index (χ0n) is 19.5. The summed E-state index contributed by atoms with van der Waals surface area (Å²) in [6, 6.07) is 19.2. The first-order valence-corrected chi connectivity index (χ1v) is 13.5. The van der Waals surface area contributed by atoms with Crippen molar-refractivity contribution in [2.75, 3.05) is 13.1 Å². The molecule has 0 bridgehead atoms. The minimum Gasteiger partial charge on any atom is -0.312 e. The Bertz CT molecular complexity index is 1400. The second-order valence-corrected chi connectivity index (χ2v) is 10.7. The molecule has 0 amide bonds. The summed E-state index contributed by atoms with van der Waals surface area (Å²) >= 11 is 1.56. The number of nitrogens with zero attached hydrogens (tertiary/aromatic N) is 4. The molecule has 8 heteroatoms. The normalized spacial score (nSPS) is 12.4. The van der Waals surface area contributed by atoms with E-state index in [1.165, 1.54) is 9.87 Å². The fraction of sp³-hybridized carbons (Fsp3) is 0.231. The molecule has 0 N–H and O–H groups in total. The molecule has 0 aliphatic heterocycles. The van der Waals surface area contributed by atoms with Crippen molar-refractivity contribution in [1.82, 2.24) is 13.9 Å². The molecule has 0 spiro atoms. The quantitative estimate of drug-likeness (QED) is 0.338. The summed E-state index contributed by atoms with van der Waals surface area (Å²) in [7, 11) is -3.50. The van der Waals surface area contributed by atoms with Crippen LogP contribution in [0.4, 0.5) is 5.69 Å². The van der Waals surface area contributed by atoms with Crippen molar-refractivity contribution < 1.29 is 8.42 Å². The van der Waals surface area contributed by atoms with Crippen LogP contribution in [0.2, 0.25) is 0 Å². The van der Waals surface area contributed by atoms with E-state index in [9.17, 15) is 8.42 Å². The Kier molecular flexibility index (Phi) is 7.41. The van der Waals surface area contributed by atoms with Crippen molar-refractivity contribution in [3.05, 3.63) is 94.4 Å². The van der Waals surface area contributed by atoms with Gasteiger partial charge in [-0.05, 0) is 48.4 Å². The number of aryl methyl sites for hydroxylation is 1. The maximum atomic E-state index is 12.9. The van der Waals surface area contributed by atoms with Crippen LogP contribution in [0.25, 0.3) is 11.3 Å². The predicted molar refractivity (Wildman–Crippen MR) is 138 cm³/mol. The molecule has 0 aliphatic rings. The molecule has 6 nitrogen and oxygen atoms in total. The Hall–Kier alpha value is -3.07. The van der Waals surface area contributed by atoms with Gasteiger partial charge in [-0.15, -0.1) is 11.3 Å². The molecule has 0 radical (unpaired) electrons. The standard InChI is InChI=1S/C26H28N4O2S2/c1-4-29(5-2)34(31,32)24-14-10-22(11-15-24)25-19-33-26(28-23-12-8-20(3)9-13-23)30(25)18-21-7-6-16-27-17-21/h6-17,19H,4-5,18H2,1-3H3. The zero-order chi connectivity index (χ0) is 24.1. The van der Waals surface area contributed by atoms with Gasteiger partial charge in [0.15, 0.2) is 4.80 Å². The molecule has 176 valence electrons. The second-order valence-electron chi connectivity index (χ2n) is 7.91. The van der Waals surface area contributed by atoms with Gasteiger partial charge in [0, 0.05) is 30.9 Å². The molecule has 0 saturated heterocycles. The average molecular weight is 493 g/mol. The number of aromatic nitrogens is 2. The molecule has 34 heavy (non-hydrogen) atoms. The number of pyridine rings is 1. The number of thiazole rings is 1. The van der Waals surface area contributed by atoms with Gasteiger partial charge in [0.25, 0.3) is 0 Å². The Morgan fingerprint density at radius 3 is 2.32 bits per heavy atom. The van der Waals surface area contributed by atoms with Gasteiger partial charge in [0.05, 0.1) is 22.8 Å². The third-order valence-corrected chi connectivity index (χ3v) is 8.54. The maximum absolute atomic E-state index is 12.9. The van der Waals surface area contributed by atoms with Crippen molar-refractivity contribution in [3.8, 4) is 11.3 Å². The first-order valence-electron chi connectivity index (χ1n) is 11.2. The van der Waals surface area contributed by atoms with E-state index in [1.807, 2.05) is 68.6 Å². The maximum Gasteiger partial charge on any atom is 0.243 e. The molecule has 4 rings (SSSR count). The van der Waals surface area contributed by atoms with Crippen molar-refractivity contribution in [3.63, 3.8) is 0 Å². The Balaban J connectivity index is 1.77. The van der Waals surface area contributed by atoms with Crippen LogP contribution in [-0.4, -0.2) is 35.4 Å². The van der Waals surface area contributed by atoms with Crippen LogP contribution in [0.5, 0.6) is 0 Å². The molecule has 0 unspecified atom stereocenters.